The van der Waals surface area contributed by atoms with Gasteiger partial charge < -0.3 is 0 Å². The predicted octanol–water partition coefficient (Wildman–Crippen LogP) is 7.64. The molecule has 1 amide bonds. The highest BCUT2D eigenvalue weighted by Gasteiger charge is 2.82. The van der Waals surface area contributed by atoms with Crippen LogP contribution in [0.25, 0.3) is 11.1 Å². The van der Waals surface area contributed by atoms with Crippen molar-refractivity contribution in [1.82, 2.24) is 4.34 Å². The molecule has 0 aromatic heterocycles. The summed E-state index contributed by atoms with van der Waals surface area (Å²) >= 11 is 4.42. The fourth-order valence-electron chi connectivity index (χ4n) is 2.50. The Morgan fingerprint density at radius 2 is 1.50 bits per heavy atom. The molecule has 0 aliphatic heterocycles. The summed E-state index contributed by atoms with van der Waals surface area (Å²) in [6, 6.07) is 6.23. The molecule has 0 unspecified atom stereocenters. The van der Waals surface area contributed by atoms with E-state index in [0.717, 1.165) is 36.4 Å². The quantitative estimate of drug-likeness (QED) is 0.111. The average Bonchev–Trinajstić information content (AvgIpc) is 2.74. The highest BCUT2D eigenvalue weighted by Crippen LogP contribution is 2.59. The summed E-state index contributed by atoms with van der Waals surface area (Å²) in [5.41, 5.74) is -1.13. The fourth-order valence-corrected chi connectivity index (χ4v) is 4.30. The van der Waals surface area contributed by atoms with E-state index >= 15 is 0 Å². The lowest BCUT2D eigenvalue weighted by Gasteiger charge is -2.33. The van der Waals surface area contributed by atoms with E-state index in [4.69, 9.17) is 0 Å². The van der Waals surface area contributed by atoms with Crippen LogP contribution in [0.1, 0.15) is 10.4 Å². The maximum absolute atomic E-state index is 14.2. The number of hydrogen-bond acceptors (Lipinski definition) is 4. The Hall–Kier alpha value is -2.03. The van der Waals surface area contributed by atoms with E-state index in [1.165, 1.54) is 6.07 Å². The molecule has 16 heteroatoms. The Morgan fingerprint density at radius 1 is 0.912 bits per heavy atom. The molecule has 0 bridgehead atoms. The third-order valence-corrected chi connectivity index (χ3v) is 6.39. The van der Waals surface area contributed by atoms with Gasteiger partial charge in [-0.2, -0.15) is 44.5 Å². The standard InChI is InChI=1S/C18H7Br2F9N2O2S/c19-12-10(14(33)31-20)6-5-9(13(12)30-7-32)8-3-1-2-4-11(8)34-18(28,29)16(23,24)15(21,22)17(25,26)27/h1-6H,(H,31,33). The molecular formula is C18H7Br2F9N2O2S. The van der Waals surface area contributed by atoms with Crippen molar-refractivity contribution in [2.24, 2.45) is 4.99 Å². The predicted molar refractivity (Wildman–Crippen MR) is 111 cm³/mol. The zero-order valence-corrected chi connectivity index (χ0v) is 19.8. The third kappa shape index (κ3) is 4.99. The largest absolute Gasteiger partial charge is 0.460 e. The third-order valence-electron chi connectivity index (χ3n) is 4.14. The minimum absolute atomic E-state index is 0.124. The van der Waals surface area contributed by atoms with Gasteiger partial charge in [-0.25, -0.2) is 4.79 Å². The van der Waals surface area contributed by atoms with Crippen LogP contribution < -0.4 is 4.34 Å². The van der Waals surface area contributed by atoms with Crippen LogP contribution in [0.2, 0.25) is 0 Å². The monoisotopic (exact) mass is 644 g/mol. The summed E-state index contributed by atoms with van der Waals surface area (Å²) in [4.78, 5) is 25.3. The van der Waals surface area contributed by atoms with Crippen LogP contribution in [0.3, 0.4) is 0 Å². The van der Waals surface area contributed by atoms with E-state index in [1.54, 1.807) is 0 Å². The summed E-state index contributed by atoms with van der Waals surface area (Å²) < 4.78 is 122. The number of aliphatic imine (C=N–C) groups is 1. The molecule has 1 N–H and O–H groups in total. The second kappa shape index (κ2) is 9.91. The summed E-state index contributed by atoms with van der Waals surface area (Å²) in [6.45, 7) is 0. The number of isocyanates is 1. The van der Waals surface area contributed by atoms with Crippen LogP contribution in [0, 0.1) is 0 Å². The van der Waals surface area contributed by atoms with Gasteiger partial charge in [0.15, 0.2) is 0 Å². The molecule has 0 aliphatic carbocycles. The molecule has 2 rings (SSSR count). The summed E-state index contributed by atoms with van der Waals surface area (Å²) in [5, 5.41) is -5.94. The fraction of sp³-hybridized carbons (Fsp3) is 0.222. The molecule has 0 saturated heterocycles. The summed E-state index contributed by atoms with van der Waals surface area (Å²) in [6.07, 6.45) is -5.81. The van der Waals surface area contributed by atoms with Crippen LogP contribution in [-0.2, 0) is 4.79 Å². The lowest BCUT2D eigenvalue weighted by atomic mass is 10.0. The number of carbonyl (C=O) groups excluding carboxylic acids is 2. The van der Waals surface area contributed by atoms with Crippen molar-refractivity contribution in [2.75, 3.05) is 0 Å². The maximum atomic E-state index is 14.2. The summed E-state index contributed by atoms with van der Waals surface area (Å²) in [5.74, 6) is -14.6. The van der Waals surface area contributed by atoms with Crippen LogP contribution in [0.5, 0.6) is 0 Å². The van der Waals surface area contributed by atoms with Crippen molar-refractivity contribution in [2.45, 2.75) is 28.2 Å². The molecule has 2 aromatic carbocycles. The number of nitrogens with zero attached hydrogens (tertiary/aromatic N) is 1. The molecular weight excluding hydrogens is 639 g/mol. The number of thioether (sulfide) groups is 1. The lowest BCUT2D eigenvalue weighted by Crippen LogP contribution is -2.59. The lowest BCUT2D eigenvalue weighted by molar-refractivity contribution is -0.381. The van der Waals surface area contributed by atoms with Crippen LogP contribution in [0.4, 0.5) is 45.2 Å². The molecule has 0 radical (unpaired) electrons. The molecule has 0 fully saturated rings. The van der Waals surface area contributed by atoms with E-state index in [0.29, 0.717) is 0 Å². The number of nitrogens with one attached hydrogen (secondary N) is 1. The van der Waals surface area contributed by atoms with Crippen molar-refractivity contribution in [3.63, 3.8) is 0 Å². The normalized spacial score (nSPS) is 12.8. The molecule has 184 valence electrons. The van der Waals surface area contributed by atoms with Gasteiger partial charge in [-0.1, -0.05) is 24.3 Å². The minimum atomic E-state index is -7.05. The van der Waals surface area contributed by atoms with Crippen LogP contribution >= 0.6 is 43.8 Å². The second-order valence-electron chi connectivity index (χ2n) is 6.21. The van der Waals surface area contributed by atoms with Gasteiger partial charge in [0.05, 0.1) is 15.7 Å². The van der Waals surface area contributed by atoms with Gasteiger partial charge in [-0.05, 0) is 45.4 Å². The zero-order valence-electron chi connectivity index (χ0n) is 15.8. The number of amides is 1. The van der Waals surface area contributed by atoms with Crippen molar-refractivity contribution < 1.29 is 49.1 Å². The van der Waals surface area contributed by atoms with E-state index in [1.807, 2.05) is 0 Å². The van der Waals surface area contributed by atoms with E-state index < -0.39 is 45.8 Å². The molecule has 4 nitrogen and oxygen atoms in total. The number of halogens is 11. The number of alkyl halides is 9. The molecule has 0 atom stereocenters. The van der Waals surface area contributed by atoms with Gasteiger partial charge in [0.2, 0.25) is 6.08 Å². The molecule has 0 saturated carbocycles. The van der Waals surface area contributed by atoms with Gasteiger partial charge in [0.25, 0.3) is 5.91 Å². The van der Waals surface area contributed by atoms with Crippen molar-refractivity contribution in [1.29, 1.82) is 0 Å². The molecule has 0 spiro atoms. The Labute approximate surface area is 205 Å². The zero-order chi connectivity index (χ0) is 26.1. The SMILES string of the molecule is O=C=Nc1c(-c2ccccc2SC(F)(F)C(F)(F)C(F)(F)C(F)(F)F)ccc(C(=O)NBr)c1Br. The maximum Gasteiger partial charge on any atom is 0.460 e. The molecule has 2 aromatic rings. The van der Waals surface area contributed by atoms with Gasteiger partial charge in [0.1, 0.15) is 0 Å². The topological polar surface area (TPSA) is 58.5 Å². The van der Waals surface area contributed by atoms with Crippen LogP contribution in [-0.4, -0.2) is 35.3 Å². The van der Waals surface area contributed by atoms with Crippen molar-refractivity contribution >= 4 is 61.5 Å². The molecule has 0 heterocycles. The smallest absolute Gasteiger partial charge is 0.288 e. The van der Waals surface area contributed by atoms with Gasteiger partial charge in [0, 0.05) is 26.6 Å². The number of rotatable bonds is 7. The Balaban J connectivity index is 2.68. The van der Waals surface area contributed by atoms with E-state index in [2.05, 4.69) is 41.4 Å². The molecule has 34 heavy (non-hydrogen) atoms. The first-order valence-electron chi connectivity index (χ1n) is 8.33. The Kier molecular flexibility index (Phi) is 8.23. The number of carbonyl (C=O) groups is 1. The second-order valence-corrected chi connectivity index (χ2v) is 8.56. The van der Waals surface area contributed by atoms with Gasteiger partial charge in [-0.3, -0.25) is 9.14 Å². The number of benzene rings is 2. The van der Waals surface area contributed by atoms with Gasteiger partial charge >= 0.3 is 23.3 Å². The summed E-state index contributed by atoms with van der Waals surface area (Å²) in [7, 11) is 0. The van der Waals surface area contributed by atoms with E-state index in [-0.39, 0.29) is 26.9 Å². The van der Waals surface area contributed by atoms with Crippen molar-refractivity contribution in [3.8, 4) is 11.1 Å². The molecule has 0 aliphatic rings. The first kappa shape index (κ1) is 28.2. The van der Waals surface area contributed by atoms with Crippen molar-refractivity contribution in [3.05, 3.63) is 46.4 Å². The number of hydrogen-bond donors (Lipinski definition) is 1. The van der Waals surface area contributed by atoms with E-state index in [9.17, 15) is 49.1 Å². The first-order chi connectivity index (χ1) is 15.5. The highest BCUT2D eigenvalue weighted by atomic mass is 79.9. The Bertz CT molecular complexity index is 1150. The highest BCUT2D eigenvalue weighted by molar-refractivity contribution is 9.10. The van der Waals surface area contributed by atoms with Crippen LogP contribution in [0.15, 0.2) is 50.8 Å². The van der Waals surface area contributed by atoms with Gasteiger partial charge in [-0.15, -0.1) is 0 Å². The average molecular weight is 646 g/mol. The Morgan fingerprint density at radius 3 is 2.03 bits per heavy atom. The minimum Gasteiger partial charge on any atom is -0.288 e. The first-order valence-corrected chi connectivity index (χ1v) is 10.7.